The third-order valence-electron chi connectivity index (χ3n) is 5.32. The Bertz CT molecular complexity index is 1270. The number of hydrogen-bond donors (Lipinski definition) is 2. The summed E-state index contributed by atoms with van der Waals surface area (Å²) in [7, 11) is 0. The van der Waals surface area contributed by atoms with Gasteiger partial charge in [0.15, 0.2) is 10.7 Å². The molecule has 1 unspecified atom stereocenters. The van der Waals surface area contributed by atoms with E-state index in [1.807, 2.05) is 42.5 Å². The number of halogens is 1. The summed E-state index contributed by atoms with van der Waals surface area (Å²) >= 11 is 7.47. The third-order valence-corrected chi connectivity index (χ3v) is 6.24. The Balaban J connectivity index is 1.43. The van der Waals surface area contributed by atoms with Gasteiger partial charge in [-0.3, -0.25) is 10.1 Å². The summed E-state index contributed by atoms with van der Waals surface area (Å²) in [5.74, 6) is 0.807. The molecule has 0 saturated heterocycles. The average Bonchev–Trinajstić information content (AvgIpc) is 3.22. The van der Waals surface area contributed by atoms with Crippen LogP contribution in [0.3, 0.4) is 0 Å². The Morgan fingerprint density at radius 2 is 1.81 bits per heavy atom. The summed E-state index contributed by atoms with van der Waals surface area (Å²) < 4.78 is 7.00. The fraction of sp³-hybridized carbons (Fsp3) is 0.160. The fourth-order valence-corrected chi connectivity index (χ4v) is 3.82. The summed E-state index contributed by atoms with van der Waals surface area (Å²) in [5.41, 5.74) is 5.08. The molecule has 2 N–H and O–H groups in total. The molecule has 4 rings (SSSR count). The highest BCUT2D eigenvalue weighted by Gasteiger charge is 2.12. The van der Waals surface area contributed by atoms with E-state index in [9.17, 15) is 4.79 Å². The number of amides is 1. The Morgan fingerprint density at radius 3 is 2.50 bits per heavy atom. The summed E-state index contributed by atoms with van der Waals surface area (Å²) in [6.45, 7) is 4.39. The summed E-state index contributed by atoms with van der Waals surface area (Å²) in [6, 6.07) is 21.0. The maximum atomic E-state index is 12.3. The minimum atomic E-state index is -0.251. The van der Waals surface area contributed by atoms with E-state index in [4.69, 9.17) is 16.6 Å². The first kappa shape index (κ1) is 22.4. The van der Waals surface area contributed by atoms with Crippen LogP contribution in [0.1, 0.15) is 42.1 Å². The van der Waals surface area contributed by atoms with Crippen molar-refractivity contribution in [3.63, 3.8) is 0 Å². The first-order valence-corrected chi connectivity index (χ1v) is 11.8. The zero-order valence-electron chi connectivity index (χ0n) is 17.7. The van der Waals surface area contributed by atoms with E-state index >= 15 is 0 Å². The van der Waals surface area contributed by atoms with Crippen LogP contribution in [-0.2, 0) is 0 Å². The Hall–Kier alpha value is -2.78. The van der Waals surface area contributed by atoms with E-state index in [0.717, 1.165) is 32.3 Å². The van der Waals surface area contributed by atoms with Crippen molar-refractivity contribution >= 4 is 62.6 Å². The number of aromatic nitrogens is 1. The minimum Gasteiger partial charge on any atom is -0.436 e. The van der Waals surface area contributed by atoms with Crippen molar-refractivity contribution in [1.29, 1.82) is 0 Å². The predicted octanol–water partition coefficient (Wildman–Crippen LogP) is 6.74. The number of benzene rings is 3. The van der Waals surface area contributed by atoms with E-state index in [1.54, 1.807) is 12.1 Å². The smallest absolute Gasteiger partial charge is 0.257 e. The Kier molecular flexibility index (Phi) is 6.86. The van der Waals surface area contributed by atoms with E-state index < -0.39 is 0 Å². The molecule has 0 aliphatic carbocycles. The lowest BCUT2D eigenvalue weighted by Crippen LogP contribution is -2.34. The largest absolute Gasteiger partial charge is 0.436 e. The lowest BCUT2D eigenvalue weighted by Gasteiger charge is -2.10. The zero-order chi connectivity index (χ0) is 22.7. The number of thiocarbonyl (C=S) groups is 1. The van der Waals surface area contributed by atoms with Gasteiger partial charge in [-0.15, -0.1) is 0 Å². The number of oxazole rings is 1. The van der Waals surface area contributed by atoms with Crippen LogP contribution < -0.4 is 10.6 Å². The number of anilines is 1. The van der Waals surface area contributed by atoms with Gasteiger partial charge >= 0.3 is 0 Å². The number of nitrogens with zero attached hydrogens (tertiary/aromatic N) is 1. The highest BCUT2D eigenvalue weighted by atomic mass is 127. The van der Waals surface area contributed by atoms with Crippen LogP contribution in [0.15, 0.2) is 71.1 Å². The second-order valence-electron chi connectivity index (χ2n) is 7.55. The Morgan fingerprint density at radius 1 is 1.09 bits per heavy atom. The van der Waals surface area contributed by atoms with Crippen LogP contribution in [0.25, 0.3) is 22.6 Å². The van der Waals surface area contributed by atoms with Gasteiger partial charge in [0.2, 0.25) is 5.89 Å². The normalized spacial score (nSPS) is 11.8. The molecular formula is C25H22IN3O2S. The van der Waals surface area contributed by atoms with Crippen LogP contribution in [0.2, 0.25) is 0 Å². The van der Waals surface area contributed by atoms with Crippen molar-refractivity contribution in [2.45, 2.75) is 26.2 Å². The SMILES string of the molecule is CCC(C)c1ccc2oc(-c3ccc(NC(=S)NC(=O)c4ccc(I)cc4)cc3)nc2c1. The topological polar surface area (TPSA) is 67.2 Å². The van der Waals surface area contributed by atoms with E-state index in [-0.39, 0.29) is 11.0 Å². The number of carbonyl (C=O) groups excluding carboxylic acids is 1. The second kappa shape index (κ2) is 9.79. The molecule has 1 atom stereocenters. The van der Waals surface area contributed by atoms with Gasteiger partial charge in [-0.2, -0.15) is 0 Å². The van der Waals surface area contributed by atoms with E-state index in [2.05, 4.69) is 64.2 Å². The van der Waals surface area contributed by atoms with E-state index in [1.165, 1.54) is 5.56 Å². The van der Waals surface area contributed by atoms with Crippen molar-refractivity contribution in [1.82, 2.24) is 10.3 Å². The lowest BCUT2D eigenvalue weighted by atomic mass is 9.98. The van der Waals surface area contributed by atoms with E-state index in [0.29, 0.717) is 17.4 Å². The summed E-state index contributed by atoms with van der Waals surface area (Å²) in [6.07, 6.45) is 1.08. The molecule has 0 spiro atoms. The Labute approximate surface area is 205 Å². The molecular weight excluding hydrogens is 533 g/mol. The van der Waals surface area contributed by atoms with Gasteiger partial charge < -0.3 is 9.73 Å². The molecule has 0 aliphatic heterocycles. The standard InChI is InChI=1S/C25H22IN3O2S/c1-3-15(2)18-8-13-22-21(14-18)28-24(31-22)17-6-11-20(12-7-17)27-25(32)29-23(30)16-4-9-19(26)10-5-16/h4-15H,3H2,1-2H3,(H2,27,29,30,32). The minimum absolute atomic E-state index is 0.237. The molecule has 0 saturated carbocycles. The molecule has 1 aromatic heterocycles. The monoisotopic (exact) mass is 555 g/mol. The maximum Gasteiger partial charge on any atom is 0.257 e. The molecule has 0 bridgehead atoms. The molecule has 4 aromatic rings. The summed E-state index contributed by atoms with van der Waals surface area (Å²) in [4.78, 5) is 17.0. The quantitative estimate of drug-likeness (QED) is 0.211. The molecule has 7 heteroatoms. The van der Waals surface area contributed by atoms with Crippen LogP contribution in [0, 0.1) is 3.57 Å². The van der Waals surface area contributed by atoms with Crippen LogP contribution in [0.4, 0.5) is 5.69 Å². The van der Waals surface area contributed by atoms with Crippen molar-refractivity contribution < 1.29 is 9.21 Å². The number of hydrogen-bond acceptors (Lipinski definition) is 4. The van der Waals surface area contributed by atoms with Gasteiger partial charge in [0.05, 0.1) is 0 Å². The number of carbonyl (C=O) groups is 1. The van der Waals surface area contributed by atoms with Gasteiger partial charge in [0.25, 0.3) is 5.91 Å². The van der Waals surface area contributed by atoms with Crippen molar-refractivity contribution in [2.75, 3.05) is 5.32 Å². The molecule has 5 nitrogen and oxygen atoms in total. The fourth-order valence-electron chi connectivity index (χ4n) is 3.25. The van der Waals surface area contributed by atoms with Crippen molar-refractivity contribution in [3.8, 4) is 11.5 Å². The first-order valence-electron chi connectivity index (χ1n) is 10.3. The van der Waals surface area contributed by atoms with Gasteiger partial charge in [0, 0.05) is 20.4 Å². The summed E-state index contributed by atoms with van der Waals surface area (Å²) in [5, 5.41) is 5.96. The van der Waals surface area contributed by atoms with Crippen molar-refractivity contribution in [2.24, 2.45) is 0 Å². The predicted molar refractivity (Wildman–Crippen MR) is 141 cm³/mol. The molecule has 0 aliphatic rings. The van der Waals surface area contributed by atoms with Gasteiger partial charge in [0.1, 0.15) is 5.52 Å². The molecule has 0 radical (unpaired) electrons. The number of rotatable bonds is 5. The molecule has 32 heavy (non-hydrogen) atoms. The molecule has 0 fully saturated rings. The number of nitrogens with one attached hydrogen (secondary N) is 2. The lowest BCUT2D eigenvalue weighted by molar-refractivity contribution is 0.0977. The van der Waals surface area contributed by atoms with Crippen LogP contribution in [0.5, 0.6) is 0 Å². The van der Waals surface area contributed by atoms with Crippen LogP contribution >= 0.6 is 34.8 Å². The van der Waals surface area contributed by atoms with Gasteiger partial charge in [-0.25, -0.2) is 4.98 Å². The maximum absolute atomic E-state index is 12.3. The zero-order valence-corrected chi connectivity index (χ0v) is 20.7. The average molecular weight is 555 g/mol. The second-order valence-corrected chi connectivity index (χ2v) is 9.20. The molecule has 1 heterocycles. The van der Waals surface area contributed by atoms with Crippen LogP contribution in [-0.4, -0.2) is 16.0 Å². The molecule has 162 valence electrons. The molecule has 3 aromatic carbocycles. The first-order chi connectivity index (χ1) is 15.4. The highest BCUT2D eigenvalue weighted by Crippen LogP contribution is 2.28. The van der Waals surface area contributed by atoms with Crippen molar-refractivity contribution in [3.05, 3.63) is 81.4 Å². The number of fused-ring (bicyclic) bond motifs is 1. The van der Waals surface area contributed by atoms with Gasteiger partial charge in [-0.1, -0.05) is 19.9 Å². The highest BCUT2D eigenvalue weighted by molar-refractivity contribution is 14.1. The van der Waals surface area contributed by atoms with Gasteiger partial charge in [-0.05, 0) is 113 Å². The molecule has 1 amide bonds. The third kappa shape index (κ3) is 5.16.